The molecule has 1 atom stereocenters. The van der Waals surface area contributed by atoms with E-state index in [-0.39, 0.29) is 5.69 Å². The summed E-state index contributed by atoms with van der Waals surface area (Å²) in [4.78, 5) is 23.6. The second kappa shape index (κ2) is 7.75. The lowest BCUT2D eigenvalue weighted by molar-refractivity contribution is -0.385. The summed E-state index contributed by atoms with van der Waals surface area (Å²) < 4.78 is 37.2. The smallest absolute Gasteiger partial charge is 0.475 e. The lowest BCUT2D eigenvalue weighted by atomic mass is 10.1. The van der Waals surface area contributed by atoms with Gasteiger partial charge >= 0.3 is 12.1 Å². The first-order chi connectivity index (χ1) is 11.4. The van der Waals surface area contributed by atoms with Gasteiger partial charge in [-0.1, -0.05) is 0 Å². The van der Waals surface area contributed by atoms with Crippen molar-refractivity contribution in [3.8, 4) is 5.75 Å². The summed E-state index contributed by atoms with van der Waals surface area (Å²) >= 11 is 0. The monoisotopic (exact) mass is 361 g/mol. The van der Waals surface area contributed by atoms with E-state index in [9.17, 15) is 23.3 Å². The number of hydrogen-bond acceptors (Lipinski definition) is 6. The molecule has 0 radical (unpaired) electrons. The highest BCUT2D eigenvalue weighted by Crippen LogP contribution is 2.30. The van der Waals surface area contributed by atoms with Gasteiger partial charge in [0.25, 0.3) is 5.69 Å². The molecule has 1 aromatic heterocycles. The number of carbonyl (C=O) groups is 1. The Labute approximate surface area is 139 Å². The molecule has 0 saturated carbocycles. The molecule has 2 rings (SSSR count). The van der Waals surface area contributed by atoms with Crippen molar-refractivity contribution in [2.75, 3.05) is 0 Å². The third-order valence-corrected chi connectivity index (χ3v) is 2.77. The van der Waals surface area contributed by atoms with Gasteiger partial charge in [0.05, 0.1) is 10.4 Å². The van der Waals surface area contributed by atoms with E-state index in [1.807, 2.05) is 0 Å². The van der Waals surface area contributed by atoms with Crippen molar-refractivity contribution in [1.82, 2.24) is 4.98 Å². The number of carboxylic acid groups (broad SMARTS) is 1. The van der Waals surface area contributed by atoms with Gasteiger partial charge in [0, 0.05) is 23.2 Å². The Balaban J connectivity index is 0.000000381. The Hall–Kier alpha value is -2.95. The summed E-state index contributed by atoms with van der Waals surface area (Å²) in [5.74, 6) is -2.26. The zero-order valence-corrected chi connectivity index (χ0v) is 13.1. The standard InChI is InChI=1S/C12H13N3O3.C2HF3O2/c1-7-5-10-9(6-11(7)15(16)17)12(3-4-14-10)18-8(2)13;3-2(4,5)1(6)7/h3-6,8H,13H2,1-2H3;(H,6,7). The number of nitrogens with two attached hydrogens (primary N) is 1. The average Bonchev–Trinajstić information content (AvgIpc) is 2.45. The second-order valence-corrected chi connectivity index (χ2v) is 4.85. The quantitative estimate of drug-likeness (QED) is 0.488. The predicted molar refractivity (Wildman–Crippen MR) is 81.1 cm³/mol. The number of halogens is 3. The molecule has 3 N–H and O–H groups in total. The van der Waals surface area contributed by atoms with Crippen LogP contribution in [0, 0.1) is 17.0 Å². The number of aromatic nitrogens is 1. The third-order valence-electron chi connectivity index (χ3n) is 2.77. The highest BCUT2D eigenvalue weighted by Gasteiger charge is 2.38. The Kier molecular flexibility index (Phi) is 6.23. The second-order valence-electron chi connectivity index (χ2n) is 4.85. The zero-order chi connectivity index (χ0) is 19.4. The van der Waals surface area contributed by atoms with Crippen LogP contribution in [0.15, 0.2) is 24.4 Å². The highest BCUT2D eigenvalue weighted by atomic mass is 19.4. The number of nitro groups is 1. The molecule has 1 unspecified atom stereocenters. The molecular weight excluding hydrogens is 347 g/mol. The highest BCUT2D eigenvalue weighted by molar-refractivity contribution is 5.88. The van der Waals surface area contributed by atoms with Crippen molar-refractivity contribution >= 4 is 22.6 Å². The van der Waals surface area contributed by atoms with Crippen molar-refractivity contribution in [3.05, 3.63) is 40.1 Å². The largest absolute Gasteiger partial charge is 0.490 e. The normalized spacial score (nSPS) is 12.1. The minimum absolute atomic E-state index is 0.0463. The average molecular weight is 361 g/mol. The lowest BCUT2D eigenvalue weighted by Crippen LogP contribution is -2.22. The number of benzene rings is 1. The van der Waals surface area contributed by atoms with Crippen LogP contribution in [0.1, 0.15) is 12.5 Å². The maximum absolute atomic E-state index is 10.9. The summed E-state index contributed by atoms with van der Waals surface area (Å²) in [6.45, 7) is 3.37. The number of fused-ring (bicyclic) bond motifs is 1. The van der Waals surface area contributed by atoms with Crippen LogP contribution < -0.4 is 10.5 Å². The summed E-state index contributed by atoms with van der Waals surface area (Å²) in [5, 5.41) is 18.6. The predicted octanol–water partition coefficient (Wildman–Crippen LogP) is 2.77. The van der Waals surface area contributed by atoms with E-state index in [0.717, 1.165) is 0 Å². The Morgan fingerprint density at radius 1 is 1.44 bits per heavy atom. The van der Waals surface area contributed by atoms with Gasteiger partial charge in [-0.15, -0.1) is 0 Å². The van der Waals surface area contributed by atoms with Gasteiger partial charge in [-0.05, 0) is 26.0 Å². The maximum Gasteiger partial charge on any atom is 0.490 e. The molecule has 11 heteroatoms. The Bertz CT molecular complexity index is 793. The summed E-state index contributed by atoms with van der Waals surface area (Å²) in [6, 6.07) is 4.78. The number of hydrogen-bond donors (Lipinski definition) is 2. The molecule has 25 heavy (non-hydrogen) atoms. The molecule has 1 heterocycles. The first kappa shape index (κ1) is 20.1. The van der Waals surface area contributed by atoms with E-state index < -0.39 is 23.3 Å². The molecule has 0 aliphatic heterocycles. The third kappa shape index (κ3) is 5.57. The number of rotatable bonds is 3. The van der Waals surface area contributed by atoms with Crippen LogP contribution in [-0.2, 0) is 4.79 Å². The molecule has 1 aromatic carbocycles. The van der Waals surface area contributed by atoms with E-state index >= 15 is 0 Å². The molecule has 8 nitrogen and oxygen atoms in total. The van der Waals surface area contributed by atoms with Crippen LogP contribution in [0.5, 0.6) is 5.75 Å². The number of aryl methyl sites for hydroxylation is 1. The van der Waals surface area contributed by atoms with Gasteiger partial charge in [0.15, 0.2) is 0 Å². The zero-order valence-electron chi connectivity index (χ0n) is 13.1. The van der Waals surface area contributed by atoms with Crippen molar-refractivity contribution in [3.63, 3.8) is 0 Å². The van der Waals surface area contributed by atoms with Gasteiger partial charge < -0.3 is 9.84 Å². The van der Waals surface area contributed by atoms with Crippen molar-refractivity contribution in [1.29, 1.82) is 0 Å². The van der Waals surface area contributed by atoms with E-state index in [0.29, 0.717) is 22.2 Å². The number of carboxylic acids is 1. The number of pyridine rings is 1. The number of nitro benzene ring substituents is 1. The molecule has 2 aromatic rings. The fourth-order valence-corrected chi connectivity index (χ4v) is 1.76. The first-order valence-corrected chi connectivity index (χ1v) is 6.69. The molecule has 0 amide bonds. The van der Waals surface area contributed by atoms with Crippen LogP contribution >= 0.6 is 0 Å². The van der Waals surface area contributed by atoms with Gasteiger partial charge in [-0.2, -0.15) is 13.2 Å². The molecule has 0 fully saturated rings. The fourth-order valence-electron chi connectivity index (χ4n) is 1.76. The van der Waals surface area contributed by atoms with Crippen LogP contribution in [0.3, 0.4) is 0 Å². The van der Waals surface area contributed by atoms with Crippen molar-refractivity contribution in [2.24, 2.45) is 5.73 Å². The molecule has 0 aliphatic rings. The van der Waals surface area contributed by atoms with E-state index in [4.69, 9.17) is 20.4 Å². The maximum atomic E-state index is 10.9. The molecule has 0 spiro atoms. The molecule has 0 saturated heterocycles. The van der Waals surface area contributed by atoms with Gasteiger partial charge in [0.1, 0.15) is 12.0 Å². The molecule has 0 bridgehead atoms. The van der Waals surface area contributed by atoms with Crippen LogP contribution in [-0.4, -0.2) is 33.4 Å². The lowest BCUT2D eigenvalue weighted by Gasteiger charge is -2.12. The number of ether oxygens (including phenoxy) is 1. The topological polar surface area (TPSA) is 129 Å². The fraction of sp³-hybridized carbons (Fsp3) is 0.286. The van der Waals surface area contributed by atoms with Crippen molar-refractivity contribution in [2.45, 2.75) is 26.3 Å². The summed E-state index contributed by atoms with van der Waals surface area (Å²) in [7, 11) is 0. The molecular formula is C14H14F3N3O5. The van der Waals surface area contributed by atoms with Crippen LogP contribution in [0.2, 0.25) is 0 Å². The van der Waals surface area contributed by atoms with Crippen molar-refractivity contribution < 1.29 is 32.7 Å². The minimum atomic E-state index is -5.08. The first-order valence-electron chi connectivity index (χ1n) is 6.69. The number of nitrogens with zero attached hydrogens (tertiary/aromatic N) is 2. The van der Waals surface area contributed by atoms with Crippen LogP contribution in [0.4, 0.5) is 18.9 Å². The molecule has 136 valence electrons. The SMILES string of the molecule is Cc1cc2nccc(OC(C)N)c2cc1[N+](=O)[O-].O=C(O)C(F)(F)F. The summed E-state index contributed by atoms with van der Waals surface area (Å²) in [5.41, 5.74) is 6.83. The minimum Gasteiger partial charge on any atom is -0.475 e. The Morgan fingerprint density at radius 3 is 2.44 bits per heavy atom. The summed E-state index contributed by atoms with van der Waals surface area (Å²) in [6.07, 6.45) is -3.98. The van der Waals surface area contributed by atoms with Gasteiger partial charge in [0.2, 0.25) is 0 Å². The van der Waals surface area contributed by atoms with E-state index in [2.05, 4.69) is 4.98 Å². The number of aliphatic carboxylic acids is 1. The van der Waals surface area contributed by atoms with Gasteiger partial charge in [-0.25, -0.2) is 4.79 Å². The van der Waals surface area contributed by atoms with Crippen LogP contribution in [0.25, 0.3) is 10.9 Å². The van der Waals surface area contributed by atoms with Gasteiger partial charge in [-0.3, -0.25) is 20.8 Å². The Morgan fingerprint density at radius 2 is 2.00 bits per heavy atom. The van der Waals surface area contributed by atoms with E-state index in [1.54, 1.807) is 32.2 Å². The van der Waals surface area contributed by atoms with E-state index in [1.165, 1.54) is 6.07 Å². The molecule has 0 aliphatic carbocycles. The number of alkyl halides is 3.